The van der Waals surface area contributed by atoms with Crippen LogP contribution in [0.4, 0.5) is 0 Å². The van der Waals surface area contributed by atoms with Gasteiger partial charge < -0.3 is 9.40 Å². The fraction of sp³-hybridized carbons (Fsp3) is 0.444. The van der Waals surface area contributed by atoms with E-state index in [-0.39, 0.29) is 0 Å². The monoisotopic (exact) mass is 282 g/mol. The van der Waals surface area contributed by atoms with E-state index in [1.54, 1.807) is 0 Å². The summed E-state index contributed by atoms with van der Waals surface area (Å²) < 4.78 is 5.91. The van der Waals surface area contributed by atoms with E-state index in [1.165, 1.54) is 33.1 Å². The molecule has 3 nitrogen and oxygen atoms in total. The van der Waals surface area contributed by atoms with E-state index in [2.05, 4.69) is 49.7 Å². The van der Waals surface area contributed by atoms with Crippen LogP contribution >= 0.6 is 0 Å². The van der Waals surface area contributed by atoms with Gasteiger partial charge in [-0.15, -0.1) is 0 Å². The number of aromatic amines is 1. The number of H-pyrrole nitrogens is 1. The number of nitrogens with one attached hydrogen (secondary N) is 1. The molecule has 21 heavy (non-hydrogen) atoms. The van der Waals surface area contributed by atoms with Gasteiger partial charge >= 0.3 is 0 Å². The van der Waals surface area contributed by atoms with E-state index in [0.717, 1.165) is 30.9 Å². The molecule has 3 aromatic rings. The molecule has 1 aromatic carbocycles. The molecular weight excluding hydrogens is 260 g/mol. The van der Waals surface area contributed by atoms with Gasteiger partial charge in [0.15, 0.2) is 0 Å². The number of aromatic nitrogens is 1. The number of fused-ring (bicyclic) bond motifs is 5. The van der Waals surface area contributed by atoms with Crippen molar-refractivity contribution in [1.29, 1.82) is 0 Å². The maximum atomic E-state index is 5.91. The van der Waals surface area contributed by atoms with E-state index in [1.807, 2.05) is 0 Å². The average molecular weight is 282 g/mol. The largest absolute Gasteiger partial charge is 0.461 e. The van der Waals surface area contributed by atoms with Crippen molar-refractivity contribution in [1.82, 2.24) is 9.88 Å². The first-order valence-corrected chi connectivity index (χ1v) is 7.82. The van der Waals surface area contributed by atoms with Crippen molar-refractivity contribution >= 4 is 21.9 Å². The van der Waals surface area contributed by atoms with Crippen molar-refractivity contribution in [3.05, 3.63) is 34.7 Å². The van der Waals surface area contributed by atoms with Gasteiger partial charge in [-0.2, -0.15) is 0 Å². The van der Waals surface area contributed by atoms with Crippen LogP contribution in [0, 0.1) is 13.8 Å². The van der Waals surface area contributed by atoms with Crippen LogP contribution in [0.25, 0.3) is 21.9 Å². The van der Waals surface area contributed by atoms with Crippen molar-refractivity contribution in [2.45, 2.75) is 46.7 Å². The summed E-state index contributed by atoms with van der Waals surface area (Å²) in [5.74, 6) is 1.03. The Balaban J connectivity index is 2.03. The van der Waals surface area contributed by atoms with Crippen LogP contribution in [0.1, 0.15) is 36.4 Å². The summed E-state index contributed by atoms with van der Waals surface area (Å²) in [6.45, 7) is 11.0. The van der Waals surface area contributed by atoms with E-state index in [9.17, 15) is 0 Å². The van der Waals surface area contributed by atoms with Crippen molar-refractivity contribution in [3.63, 3.8) is 0 Å². The molecule has 3 heteroatoms. The first-order chi connectivity index (χ1) is 10.1. The molecule has 0 aliphatic carbocycles. The minimum absolute atomic E-state index is 0.592. The lowest BCUT2D eigenvalue weighted by atomic mass is 9.99. The summed E-state index contributed by atoms with van der Waals surface area (Å²) in [7, 11) is 0. The molecule has 1 aliphatic heterocycles. The Kier molecular flexibility index (Phi) is 2.70. The van der Waals surface area contributed by atoms with Crippen LogP contribution < -0.4 is 0 Å². The molecule has 0 spiro atoms. The summed E-state index contributed by atoms with van der Waals surface area (Å²) in [5.41, 5.74) is 6.43. The van der Waals surface area contributed by atoms with E-state index in [0.29, 0.717) is 6.04 Å². The fourth-order valence-electron chi connectivity index (χ4n) is 3.63. The Bertz CT molecular complexity index is 838. The molecule has 0 radical (unpaired) electrons. The second-order valence-electron chi connectivity index (χ2n) is 6.54. The molecule has 1 aliphatic rings. The van der Waals surface area contributed by atoms with Crippen LogP contribution in [0.15, 0.2) is 16.5 Å². The zero-order chi connectivity index (χ0) is 14.7. The number of furan rings is 1. The van der Waals surface area contributed by atoms with Gasteiger partial charge in [-0.1, -0.05) is 0 Å². The summed E-state index contributed by atoms with van der Waals surface area (Å²) in [6.07, 6.45) is 1.11. The number of aryl methyl sites for hydroxylation is 2. The number of hydrogen-bond donors (Lipinski definition) is 1. The molecule has 3 heterocycles. The smallest absolute Gasteiger partial charge is 0.135 e. The molecule has 0 amide bonds. The van der Waals surface area contributed by atoms with E-state index in [4.69, 9.17) is 4.42 Å². The second-order valence-corrected chi connectivity index (χ2v) is 6.54. The Morgan fingerprint density at radius 3 is 2.76 bits per heavy atom. The molecule has 4 rings (SSSR count). The first kappa shape index (κ1) is 13.0. The molecule has 0 bridgehead atoms. The van der Waals surface area contributed by atoms with Crippen molar-refractivity contribution < 1.29 is 4.42 Å². The van der Waals surface area contributed by atoms with Crippen LogP contribution in [0.5, 0.6) is 0 Å². The third kappa shape index (κ3) is 1.77. The number of nitrogens with zero attached hydrogens (tertiary/aromatic N) is 1. The molecule has 0 unspecified atom stereocenters. The van der Waals surface area contributed by atoms with Gasteiger partial charge in [-0.05, 0) is 51.0 Å². The van der Waals surface area contributed by atoms with Crippen molar-refractivity contribution in [2.75, 3.05) is 6.54 Å². The van der Waals surface area contributed by atoms with Crippen LogP contribution in [0.3, 0.4) is 0 Å². The van der Waals surface area contributed by atoms with Gasteiger partial charge in [0.1, 0.15) is 11.3 Å². The highest BCUT2D eigenvalue weighted by Gasteiger charge is 2.24. The summed E-state index contributed by atoms with van der Waals surface area (Å²) in [6, 6.07) is 4.85. The molecule has 0 saturated heterocycles. The van der Waals surface area contributed by atoms with Crippen molar-refractivity contribution in [2.24, 2.45) is 0 Å². The van der Waals surface area contributed by atoms with Crippen molar-refractivity contribution in [3.8, 4) is 0 Å². The van der Waals surface area contributed by atoms with Crippen LogP contribution in [-0.4, -0.2) is 22.5 Å². The highest BCUT2D eigenvalue weighted by Crippen LogP contribution is 2.37. The summed E-state index contributed by atoms with van der Waals surface area (Å²) in [4.78, 5) is 6.19. The number of rotatable bonds is 1. The Labute approximate surface area is 124 Å². The van der Waals surface area contributed by atoms with Gasteiger partial charge in [-0.25, -0.2) is 0 Å². The molecule has 0 saturated carbocycles. The van der Waals surface area contributed by atoms with Gasteiger partial charge in [0.2, 0.25) is 0 Å². The maximum Gasteiger partial charge on any atom is 0.135 e. The number of hydrogen-bond acceptors (Lipinski definition) is 2. The molecule has 110 valence electrons. The van der Waals surface area contributed by atoms with Gasteiger partial charge in [0.25, 0.3) is 0 Å². The molecule has 1 N–H and O–H groups in total. The van der Waals surface area contributed by atoms with E-state index >= 15 is 0 Å². The second kappa shape index (κ2) is 4.38. The Morgan fingerprint density at radius 1 is 1.19 bits per heavy atom. The summed E-state index contributed by atoms with van der Waals surface area (Å²) in [5, 5.41) is 2.68. The molecule has 2 aromatic heterocycles. The minimum Gasteiger partial charge on any atom is -0.461 e. The Morgan fingerprint density at radius 2 is 2.00 bits per heavy atom. The lowest BCUT2D eigenvalue weighted by Gasteiger charge is -2.30. The fourth-order valence-corrected chi connectivity index (χ4v) is 3.63. The van der Waals surface area contributed by atoms with Gasteiger partial charge in [0, 0.05) is 47.5 Å². The quantitative estimate of drug-likeness (QED) is 0.721. The first-order valence-electron chi connectivity index (χ1n) is 7.82. The topological polar surface area (TPSA) is 32.2 Å². The predicted octanol–water partition coefficient (Wildman–Crippen LogP) is 4.30. The van der Waals surface area contributed by atoms with Crippen LogP contribution in [0.2, 0.25) is 0 Å². The lowest BCUT2D eigenvalue weighted by molar-refractivity contribution is 0.203. The molecule has 0 atom stereocenters. The third-order valence-electron chi connectivity index (χ3n) is 5.03. The standard InChI is InChI=1S/C18H22N2O/c1-10(2)20-8-7-14-13(9-20)18-15(19-14)5-6-16-17(18)11(3)12(4)21-16/h5-6,10,19H,7-9H2,1-4H3. The zero-order valence-electron chi connectivity index (χ0n) is 13.2. The molecular formula is C18H22N2O. The highest BCUT2D eigenvalue weighted by molar-refractivity contribution is 6.09. The highest BCUT2D eigenvalue weighted by atomic mass is 16.3. The number of benzene rings is 1. The SMILES string of the molecule is Cc1oc2ccc3[nH]c4c(c3c2c1C)CN(C(C)C)CC4. The third-order valence-corrected chi connectivity index (χ3v) is 5.03. The van der Waals surface area contributed by atoms with Gasteiger partial charge in [-0.3, -0.25) is 4.90 Å². The van der Waals surface area contributed by atoms with Gasteiger partial charge in [0.05, 0.1) is 0 Å². The summed E-state index contributed by atoms with van der Waals surface area (Å²) >= 11 is 0. The van der Waals surface area contributed by atoms with Crippen LogP contribution in [-0.2, 0) is 13.0 Å². The van der Waals surface area contributed by atoms with E-state index < -0.39 is 0 Å². The molecule has 0 fully saturated rings. The minimum atomic E-state index is 0.592. The lowest BCUT2D eigenvalue weighted by Crippen LogP contribution is -2.35. The maximum absolute atomic E-state index is 5.91. The normalized spacial score (nSPS) is 16.2. The average Bonchev–Trinajstić information content (AvgIpc) is 2.96. The predicted molar refractivity (Wildman–Crippen MR) is 86.8 cm³/mol. The zero-order valence-corrected chi connectivity index (χ0v) is 13.2. The Hall–Kier alpha value is -1.74.